The summed E-state index contributed by atoms with van der Waals surface area (Å²) in [6.07, 6.45) is 0. The molecular formula is C22H21FN6OS. The Morgan fingerprint density at radius 3 is 2.58 bits per heavy atom. The number of hydrogen-bond acceptors (Lipinski definition) is 5. The van der Waals surface area contributed by atoms with E-state index in [0.29, 0.717) is 22.4 Å². The number of rotatable bonds is 6. The van der Waals surface area contributed by atoms with Crippen molar-refractivity contribution in [3.63, 3.8) is 0 Å². The second kappa shape index (κ2) is 8.73. The molecule has 158 valence electrons. The van der Waals surface area contributed by atoms with E-state index in [1.807, 2.05) is 44.2 Å². The van der Waals surface area contributed by atoms with Gasteiger partial charge in [-0.25, -0.2) is 9.07 Å². The fraction of sp³-hybridized carbons (Fsp3) is 0.182. The maximum absolute atomic E-state index is 14.1. The van der Waals surface area contributed by atoms with Gasteiger partial charge in [0.25, 0.3) is 0 Å². The molecule has 0 aliphatic rings. The van der Waals surface area contributed by atoms with Crippen LogP contribution in [0.25, 0.3) is 17.1 Å². The van der Waals surface area contributed by atoms with Crippen LogP contribution < -0.4 is 5.32 Å². The summed E-state index contributed by atoms with van der Waals surface area (Å²) in [7, 11) is 1.75. The summed E-state index contributed by atoms with van der Waals surface area (Å²) in [6.45, 7) is 3.89. The lowest BCUT2D eigenvalue weighted by molar-refractivity contribution is -0.113. The number of nitrogens with one attached hydrogen (secondary N) is 1. The van der Waals surface area contributed by atoms with Gasteiger partial charge in [0.2, 0.25) is 5.91 Å². The zero-order chi connectivity index (χ0) is 22.0. The van der Waals surface area contributed by atoms with Crippen molar-refractivity contribution in [3.8, 4) is 17.1 Å². The Labute approximate surface area is 183 Å². The van der Waals surface area contributed by atoms with Crippen LogP contribution in [0.3, 0.4) is 0 Å². The Balaban J connectivity index is 1.45. The highest BCUT2D eigenvalue weighted by molar-refractivity contribution is 7.99. The Bertz CT molecular complexity index is 1230. The highest BCUT2D eigenvalue weighted by Gasteiger charge is 2.16. The molecule has 0 bridgehead atoms. The zero-order valence-electron chi connectivity index (χ0n) is 17.3. The highest BCUT2D eigenvalue weighted by Crippen LogP contribution is 2.25. The van der Waals surface area contributed by atoms with Gasteiger partial charge in [-0.1, -0.05) is 41.6 Å². The van der Waals surface area contributed by atoms with Crippen molar-refractivity contribution < 1.29 is 9.18 Å². The van der Waals surface area contributed by atoms with Gasteiger partial charge in [0.1, 0.15) is 11.6 Å². The van der Waals surface area contributed by atoms with Crippen LogP contribution in [-0.4, -0.2) is 36.2 Å². The van der Waals surface area contributed by atoms with Gasteiger partial charge >= 0.3 is 0 Å². The normalized spacial score (nSPS) is 11.0. The molecule has 0 aliphatic carbocycles. The van der Waals surface area contributed by atoms with Crippen molar-refractivity contribution in [2.75, 3.05) is 11.1 Å². The van der Waals surface area contributed by atoms with Gasteiger partial charge in [-0.15, -0.1) is 10.2 Å². The number of aryl methyl sites for hydroxylation is 2. The minimum Gasteiger partial charge on any atom is -0.310 e. The molecule has 1 amide bonds. The summed E-state index contributed by atoms with van der Waals surface area (Å²) in [6, 6.07) is 16.1. The summed E-state index contributed by atoms with van der Waals surface area (Å²) in [5.41, 5.74) is 3.18. The van der Waals surface area contributed by atoms with Crippen LogP contribution in [0.15, 0.2) is 59.8 Å². The number of halogens is 1. The van der Waals surface area contributed by atoms with Crippen molar-refractivity contribution in [2.45, 2.75) is 19.0 Å². The van der Waals surface area contributed by atoms with Crippen LogP contribution >= 0.6 is 11.8 Å². The van der Waals surface area contributed by atoms with Crippen LogP contribution in [-0.2, 0) is 11.8 Å². The third-order valence-electron chi connectivity index (χ3n) is 4.66. The predicted molar refractivity (Wildman–Crippen MR) is 119 cm³/mol. The zero-order valence-corrected chi connectivity index (χ0v) is 18.2. The quantitative estimate of drug-likeness (QED) is 0.460. The standard InChI is InChI=1S/C22H21FN6OS/c1-14-8-10-16(11-9-14)29-19(12-15(2)27-29)24-20(30)13-31-22-26-25-21(28(22)3)17-6-4-5-7-18(17)23/h4-12H,13H2,1-3H3,(H,24,30). The number of carbonyl (C=O) groups is 1. The van der Waals surface area contributed by atoms with Crippen molar-refractivity contribution >= 4 is 23.5 Å². The first-order valence-electron chi connectivity index (χ1n) is 9.63. The third-order valence-corrected chi connectivity index (χ3v) is 5.68. The third kappa shape index (κ3) is 4.51. The number of carbonyl (C=O) groups excluding carboxylic acids is 1. The Morgan fingerprint density at radius 1 is 1.10 bits per heavy atom. The van der Waals surface area contributed by atoms with Crippen LogP contribution in [0.5, 0.6) is 0 Å². The minimum absolute atomic E-state index is 0.126. The fourth-order valence-electron chi connectivity index (χ4n) is 3.10. The van der Waals surface area contributed by atoms with E-state index in [4.69, 9.17) is 0 Å². The molecule has 0 saturated carbocycles. The molecule has 7 nitrogen and oxygen atoms in total. The summed E-state index contributed by atoms with van der Waals surface area (Å²) in [5, 5.41) is 16.1. The van der Waals surface area contributed by atoms with Crippen LogP contribution in [0.2, 0.25) is 0 Å². The van der Waals surface area contributed by atoms with Gasteiger partial charge in [-0.3, -0.25) is 4.79 Å². The molecular weight excluding hydrogens is 415 g/mol. The van der Waals surface area contributed by atoms with E-state index in [-0.39, 0.29) is 17.5 Å². The lowest BCUT2D eigenvalue weighted by Crippen LogP contribution is -2.17. The first kappa shape index (κ1) is 20.8. The van der Waals surface area contributed by atoms with E-state index in [0.717, 1.165) is 16.9 Å². The Kier molecular flexibility index (Phi) is 5.85. The SMILES string of the molecule is Cc1ccc(-n2nc(C)cc2NC(=O)CSc2nnc(-c3ccccc3F)n2C)cc1. The molecule has 2 heterocycles. The molecule has 1 N–H and O–H groups in total. The van der Waals surface area contributed by atoms with Crippen molar-refractivity contribution in [3.05, 3.63) is 71.7 Å². The molecule has 4 aromatic rings. The van der Waals surface area contributed by atoms with E-state index >= 15 is 0 Å². The minimum atomic E-state index is -0.368. The van der Waals surface area contributed by atoms with Gasteiger partial charge in [0.15, 0.2) is 11.0 Å². The van der Waals surface area contributed by atoms with Crippen LogP contribution in [0.1, 0.15) is 11.3 Å². The molecule has 0 saturated heterocycles. The maximum atomic E-state index is 14.1. The number of nitrogens with zero attached hydrogens (tertiary/aromatic N) is 5. The molecule has 2 aromatic heterocycles. The van der Waals surface area contributed by atoms with Gasteiger partial charge in [0.05, 0.1) is 22.7 Å². The van der Waals surface area contributed by atoms with E-state index in [2.05, 4.69) is 20.6 Å². The molecule has 0 aliphatic heterocycles. The molecule has 0 spiro atoms. The lowest BCUT2D eigenvalue weighted by Gasteiger charge is -2.09. The summed E-state index contributed by atoms with van der Waals surface area (Å²) < 4.78 is 17.4. The maximum Gasteiger partial charge on any atom is 0.236 e. The fourth-order valence-corrected chi connectivity index (χ4v) is 3.81. The number of hydrogen-bond donors (Lipinski definition) is 1. The van der Waals surface area contributed by atoms with E-state index in [1.54, 1.807) is 34.5 Å². The van der Waals surface area contributed by atoms with Crippen LogP contribution in [0, 0.1) is 19.7 Å². The number of thioether (sulfide) groups is 1. The monoisotopic (exact) mass is 436 g/mol. The first-order valence-corrected chi connectivity index (χ1v) is 10.6. The molecule has 31 heavy (non-hydrogen) atoms. The molecule has 0 fully saturated rings. The first-order chi connectivity index (χ1) is 14.9. The summed E-state index contributed by atoms with van der Waals surface area (Å²) in [5.74, 6) is 0.563. The second-order valence-electron chi connectivity index (χ2n) is 7.10. The summed E-state index contributed by atoms with van der Waals surface area (Å²) in [4.78, 5) is 12.6. The molecule has 2 aromatic carbocycles. The second-order valence-corrected chi connectivity index (χ2v) is 8.04. The number of amides is 1. The topological polar surface area (TPSA) is 77.6 Å². The average molecular weight is 437 g/mol. The van der Waals surface area contributed by atoms with E-state index < -0.39 is 0 Å². The Hall–Kier alpha value is -3.46. The van der Waals surface area contributed by atoms with Crippen molar-refractivity contribution in [1.29, 1.82) is 0 Å². The van der Waals surface area contributed by atoms with Crippen molar-refractivity contribution in [1.82, 2.24) is 24.5 Å². The average Bonchev–Trinajstić information content (AvgIpc) is 3.29. The lowest BCUT2D eigenvalue weighted by atomic mass is 10.2. The highest BCUT2D eigenvalue weighted by atomic mass is 32.2. The van der Waals surface area contributed by atoms with Gasteiger partial charge in [-0.05, 0) is 38.1 Å². The van der Waals surface area contributed by atoms with E-state index in [1.165, 1.54) is 17.8 Å². The molecule has 9 heteroatoms. The van der Waals surface area contributed by atoms with Crippen molar-refractivity contribution in [2.24, 2.45) is 7.05 Å². The van der Waals surface area contributed by atoms with Gasteiger partial charge < -0.3 is 9.88 Å². The summed E-state index contributed by atoms with van der Waals surface area (Å²) >= 11 is 1.23. The van der Waals surface area contributed by atoms with Gasteiger partial charge in [0, 0.05) is 13.1 Å². The number of aromatic nitrogens is 5. The smallest absolute Gasteiger partial charge is 0.236 e. The number of anilines is 1. The molecule has 0 unspecified atom stereocenters. The van der Waals surface area contributed by atoms with Gasteiger partial charge in [-0.2, -0.15) is 5.10 Å². The largest absolute Gasteiger partial charge is 0.310 e. The number of benzene rings is 2. The molecule has 0 radical (unpaired) electrons. The Morgan fingerprint density at radius 2 is 1.84 bits per heavy atom. The molecule has 4 rings (SSSR count). The van der Waals surface area contributed by atoms with Crippen LogP contribution in [0.4, 0.5) is 10.2 Å². The van der Waals surface area contributed by atoms with E-state index in [9.17, 15) is 9.18 Å². The molecule has 0 atom stereocenters. The predicted octanol–water partition coefficient (Wildman–Crippen LogP) is 4.15.